The normalized spacial score (nSPS) is 24.9. The second-order valence-corrected chi connectivity index (χ2v) is 7.91. The Morgan fingerprint density at radius 3 is 2.04 bits per heavy atom. The second kappa shape index (κ2) is 8.17. The summed E-state index contributed by atoms with van der Waals surface area (Å²) in [7, 11) is 0. The first-order chi connectivity index (χ1) is 13.6. The van der Waals surface area contributed by atoms with Crippen LogP contribution < -0.4 is 10.2 Å². The highest BCUT2D eigenvalue weighted by Crippen LogP contribution is 2.34. The number of allylic oxidation sites excluding steroid dienone is 2. The maximum absolute atomic E-state index is 12.5. The molecule has 0 bridgehead atoms. The average molecular weight is 381 g/mol. The van der Waals surface area contributed by atoms with Crippen molar-refractivity contribution in [3.63, 3.8) is 0 Å². The summed E-state index contributed by atoms with van der Waals surface area (Å²) in [5.41, 5.74) is 1.85. The van der Waals surface area contributed by atoms with Gasteiger partial charge < -0.3 is 10.2 Å². The molecule has 1 aromatic carbocycles. The number of carbonyl (C=O) groups excluding carboxylic acids is 3. The average Bonchev–Trinajstić information content (AvgIpc) is 2.91. The topological polar surface area (TPSA) is 69.7 Å². The van der Waals surface area contributed by atoms with E-state index < -0.39 is 0 Å². The predicted octanol–water partition coefficient (Wildman–Crippen LogP) is 2.96. The van der Waals surface area contributed by atoms with Gasteiger partial charge in [0.1, 0.15) is 6.54 Å². The molecule has 2 aliphatic heterocycles. The van der Waals surface area contributed by atoms with E-state index in [0.717, 1.165) is 18.0 Å². The van der Waals surface area contributed by atoms with E-state index in [-0.39, 0.29) is 36.1 Å². The summed E-state index contributed by atoms with van der Waals surface area (Å²) < 4.78 is 0. The number of rotatable bonds is 4. The molecular weight excluding hydrogens is 354 g/mol. The Labute approximate surface area is 165 Å². The third kappa shape index (κ3) is 3.81. The van der Waals surface area contributed by atoms with Crippen LogP contribution in [0.5, 0.6) is 0 Å². The monoisotopic (exact) mass is 381 g/mol. The molecule has 1 N–H and O–H groups in total. The van der Waals surface area contributed by atoms with E-state index in [0.29, 0.717) is 18.5 Å². The number of benzene rings is 1. The number of nitrogens with zero attached hydrogens (tertiary/aromatic N) is 2. The summed E-state index contributed by atoms with van der Waals surface area (Å²) >= 11 is 0. The molecule has 0 radical (unpaired) electrons. The predicted molar refractivity (Wildman–Crippen MR) is 108 cm³/mol. The van der Waals surface area contributed by atoms with Crippen LogP contribution in [0.25, 0.3) is 0 Å². The first kappa shape index (κ1) is 18.7. The van der Waals surface area contributed by atoms with E-state index in [9.17, 15) is 14.4 Å². The number of carbonyl (C=O) groups is 3. The quantitative estimate of drug-likeness (QED) is 0.643. The summed E-state index contributed by atoms with van der Waals surface area (Å²) in [6.07, 6.45) is 10.1. The Morgan fingerprint density at radius 2 is 1.46 bits per heavy atom. The molecule has 2 heterocycles. The molecule has 2 saturated heterocycles. The lowest BCUT2D eigenvalue weighted by Gasteiger charge is -2.23. The van der Waals surface area contributed by atoms with Crippen LogP contribution in [0.1, 0.15) is 38.5 Å². The van der Waals surface area contributed by atoms with Gasteiger partial charge in [0.25, 0.3) is 0 Å². The molecule has 0 aromatic heterocycles. The lowest BCUT2D eigenvalue weighted by molar-refractivity contribution is -0.142. The van der Waals surface area contributed by atoms with Crippen molar-refractivity contribution in [1.29, 1.82) is 0 Å². The van der Waals surface area contributed by atoms with Crippen molar-refractivity contribution in [1.82, 2.24) is 4.90 Å². The molecule has 3 amide bonds. The van der Waals surface area contributed by atoms with Gasteiger partial charge in [-0.2, -0.15) is 0 Å². The van der Waals surface area contributed by atoms with E-state index in [1.54, 1.807) is 0 Å². The maximum atomic E-state index is 12.5. The largest absolute Gasteiger partial charge is 0.372 e. The number of fused-ring (bicyclic) bond motifs is 1. The molecule has 6 heteroatoms. The zero-order valence-corrected chi connectivity index (χ0v) is 16.1. The molecular formula is C22H27N3O3. The number of hydrogen-bond acceptors (Lipinski definition) is 4. The molecule has 0 unspecified atom stereocenters. The van der Waals surface area contributed by atoms with Crippen molar-refractivity contribution >= 4 is 29.1 Å². The van der Waals surface area contributed by atoms with E-state index in [1.165, 1.54) is 31.4 Å². The lowest BCUT2D eigenvalue weighted by Crippen LogP contribution is -2.38. The number of nitrogens with one attached hydrogen (secondary N) is 1. The van der Waals surface area contributed by atoms with E-state index in [2.05, 4.69) is 10.2 Å². The zero-order chi connectivity index (χ0) is 19.5. The van der Waals surface area contributed by atoms with Gasteiger partial charge in [-0.05, 0) is 49.9 Å². The molecule has 4 rings (SSSR count). The van der Waals surface area contributed by atoms with Crippen LogP contribution in [0.4, 0.5) is 11.4 Å². The van der Waals surface area contributed by atoms with Crippen molar-refractivity contribution in [2.75, 3.05) is 29.9 Å². The van der Waals surface area contributed by atoms with Gasteiger partial charge in [0, 0.05) is 24.5 Å². The maximum Gasteiger partial charge on any atom is 0.244 e. The Hall–Kier alpha value is -2.63. The Bertz CT molecular complexity index is 753. The first-order valence-corrected chi connectivity index (χ1v) is 10.3. The second-order valence-electron chi connectivity index (χ2n) is 7.91. The minimum Gasteiger partial charge on any atom is -0.372 e. The molecule has 0 spiro atoms. The van der Waals surface area contributed by atoms with E-state index >= 15 is 0 Å². The fourth-order valence-corrected chi connectivity index (χ4v) is 4.45. The fourth-order valence-electron chi connectivity index (χ4n) is 4.45. The third-order valence-electron chi connectivity index (χ3n) is 6.02. The Kier molecular flexibility index (Phi) is 5.46. The summed E-state index contributed by atoms with van der Waals surface area (Å²) in [5.74, 6) is -1.36. The van der Waals surface area contributed by atoms with Gasteiger partial charge >= 0.3 is 0 Å². The van der Waals surface area contributed by atoms with Gasteiger partial charge in [0.15, 0.2) is 0 Å². The van der Waals surface area contributed by atoms with Gasteiger partial charge in [-0.3, -0.25) is 19.3 Å². The molecule has 2 atom stereocenters. The van der Waals surface area contributed by atoms with Crippen LogP contribution in [0.2, 0.25) is 0 Å². The highest BCUT2D eigenvalue weighted by Gasteiger charge is 2.47. The highest BCUT2D eigenvalue weighted by atomic mass is 16.2. The number of hydrogen-bond donors (Lipinski definition) is 1. The smallest absolute Gasteiger partial charge is 0.244 e. The first-order valence-electron chi connectivity index (χ1n) is 10.3. The standard InChI is InChI=1S/C22H27N3O3/c26-20(15-25-21(27)18-7-3-4-8-19(18)22(25)28)23-16-9-11-17(12-10-16)24-13-5-1-2-6-14-24/h3-4,9-12,18-19H,1-2,5-8,13-15H2,(H,23,26)/t18-,19+. The SMILES string of the molecule is O=C(CN1C(=O)[C@H]2CC=CC[C@H]2C1=O)Nc1ccc(N2CCCCCC2)cc1. The minimum absolute atomic E-state index is 0.210. The molecule has 1 aliphatic carbocycles. The fraction of sp³-hybridized carbons (Fsp3) is 0.500. The van der Waals surface area contributed by atoms with Crippen molar-refractivity contribution in [2.24, 2.45) is 11.8 Å². The molecule has 0 saturated carbocycles. The number of likely N-dealkylation sites (tertiary alicyclic amines) is 1. The van der Waals surface area contributed by atoms with Crippen LogP contribution in [-0.4, -0.2) is 42.3 Å². The van der Waals surface area contributed by atoms with Crippen molar-refractivity contribution in [3.05, 3.63) is 36.4 Å². The van der Waals surface area contributed by atoms with Gasteiger partial charge in [-0.25, -0.2) is 0 Å². The van der Waals surface area contributed by atoms with Crippen LogP contribution in [0.15, 0.2) is 36.4 Å². The zero-order valence-electron chi connectivity index (χ0n) is 16.1. The third-order valence-corrected chi connectivity index (χ3v) is 6.02. The molecule has 3 aliphatic rings. The van der Waals surface area contributed by atoms with Crippen molar-refractivity contribution in [3.8, 4) is 0 Å². The minimum atomic E-state index is -0.337. The molecule has 148 valence electrons. The molecule has 2 fully saturated rings. The van der Waals surface area contributed by atoms with E-state index in [1.807, 2.05) is 36.4 Å². The van der Waals surface area contributed by atoms with Crippen molar-refractivity contribution in [2.45, 2.75) is 38.5 Å². The summed E-state index contributed by atoms with van der Waals surface area (Å²) in [6.45, 7) is 1.93. The van der Waals surface area contributed by atoms with E-state index in [4.69, 9.17) is 0 Å². The van der Waals surface area contributed by atoms with Gasteiger partial charge in [0.05, 0.1) is 11.8 Å². The van der Waals surface area contributed by atoms with Crippen LogP contribution >= 0.6 is 0 Å². The van der Waals surface area contributed by atoms with Crippen LogP contribution in [0.3, 0.4) is 0 Å². The number of amides is 3. The van der Waals surface area contributed by atoms with Gasteiger partial charge in [0.2, 0.25) is 17.7 Å². The number of imide groups is 1. The van der Waals surface area contributed by atoms with Crippen LogP contribution in [-0.2, 0) is 14.4 Å². The summed E-state index contributed by atoms with van der Waals surface area (Å²) in [5, 5.41) is 2.81. The van der Waals surface area contributed by atoms with Crippen molar-refractivity contribution < 1.29 is 14.4 Å². The Balaban J connectivity index is 1.35. The van der Waals surface area contributed by atoms with Crippen LogP contribution in [0, 0.1) is 11.8 Å². The molecule has 1 aromatic rings. The summed E-state index contributed by atoms with van der Waals surface area (Å²) in [4.78, 5) is 40.9. The molecule has 28 heavy (non-hydrogen) atoms. The number of anilines is 2. The van der Waals surface area contributed by atoms with Gasteiger partial charge in [-0.15, -0.1) is 0 Å². The molecule has 6 nitrogen and oxygen atoms in total. The lowest BCUT2D eigenvalue weighted by atomic mass is 9.85. The highest BCUT2D eigenvalue weighted by molar-refractivity contribution is 6.08. The Morgan fingerprint density at radius 1 is 0.893 bits per heavy atom. The van der Waals surface area contributed by atoms with Gasteiger partial charge in [-0.1, -0.05) is 25.0 Å². The summed E-state index contributed by atoms with van der Waals surface area (Å²) in [6, 6.07) is 7.81.